The van der Waals surface area contributed by atoms with Crippen molar-refractivity contribution in [2.75, 3.05) is 0 Å². The van der Waals surface area contributed by atoms with Gasteiger partial charge in [0.25, 0.3) is 0 Å². The maximum absolute atomic E-state index is 9.16. The summed E-state index contributed by atoms with van der Waals surface area (Å²) in [6.45, 7) is 3.46. The van der Waals surface area contributed by atoms with Crippen LogP contribution >= 0.6 is 15.9 Å². The second kappa shape index (κ2) is 3.28. The Morgan fingerprint density at radius 3 is 2.64 bits per heavy atom. The fourth-order valence-corrected chi connectivity index (χ4v) is 1.26. The summed E-state index contributed by atoms with van der Waals surface area (Å²) in [5, 5.41) is 9.16. The molecular formula is C7H9BrN2O. The lowest BCUT2D eigenvalue weighted by Gasteiger charge is -2.03. The van der Waals surface area contributed by atoms with Crippen LogP contribution in [0.2, 0.25) is 0 Å². The fraction of sp³-hybridized carbons (Fsp3) is 0.429. The first-order valence-corrected chi connectivity index (χ1v) is 4.08. The molecule has 0 fully saturated rings. The van der Waals surface area contributed by atoms with Gasteiger partial charge in [-0.15, -0.1) is 0 Å². The zero-order valence-corrected chi connectivity index (χ0v) is 7.96. The fourth-order valence-electron chi connectivity index (χ4n) is 0.767. The molecule has 0 aliphatic heterocycles. The Hall–Kier alpha value is -0.480. The molecule has 1 N–H and O–H groups in total. The predicted octanol–water partition coefficient (Wildman–Crippen LogP) is 1.60. The third kappa shape index (κ3) is 2.24. The van der Waals surface area contributed by atoms with Crippen LogP contribution in [-0.2, 0) is 0 Å². The van der Waals surface area contributed by atoms with Gasteiger partial charge in [0.05, 0.1) is 11.8 Å². The van der Waals surface area contributed by atoms with Crippen LogP contribution in [0.4, 0.5) is 0 Å². The van der Waals surface area contributed by atoms with Crippen LogP contribution < -0.4 is 0 Å². The molecule has 11 heavy (non-hydrogen) atoms. The molecule has 0 aliphatic rings. The predicted molar refractivity (Wildman–Crippen MR) is 45.1 cm³/mol. The molecule has 1 unspecified atom stereocenters. The number of aryl methyl sites for hydroxylation is 1. The van der Waals surface area contributed by atoms with Crippen molar-refractivity contribution in [2.45, 2.75) is 20.0 Å². The van der Waals surface area contributed by atoms with Gasteiger partial charge in [-0.25, -0.2) is 9.97 Å². The van der Waals surface area contributed by atoms with Crippen molar-refractivity contribution in [3.05, 3.63) is 22.2 Å². The number of halogens is 1. The molecule has 3 nitrogen and oxygen atoms in total. The standard InChI is InChI=1S/C7H9BrN2O/c1-4(11)6-3-7(8)10-5(2)9-6/h3-4,11H,1-2H3. The molecule has 0 aromatic carbocycles. The minimum Gasteiger partial charge on any atom is -0.387 e. The average molecular weight is 217 g/mol. The Balaban J connectivity index is 3.08. The van der Waals surface area contributed by atoms with Crippen LogP contribution in [0.5, 0.6) is 0 Å². The summed E-state index contributed by atoms with van der Waals surface area (Å²) in [6.07, 6.45) is -0.534. The molecule has 1 rings (SSSR count). The molecule has 0 bridgehead atoms. The van der Waals surface area contributed by atoms with E-state index in [0.29, 0.717) is 16.1 Å². The first kappa shape index (κ1) is 8.62. The highest BCUT2D eigenvalue weighted by molar-refractivity contribution is 9.10. The van der Waals surface area contributed by atoms with Crippen LogP contribution in [0.1, 0.15) is 24.5 Å². The summed E-state index contributed by atoms with van der Waals surface area (Å²) >= 11 is 3.22. The van der Waals surface area contributed by atoms with E-state index in [4.69, 9.17) is 5.11 Å². The Labute approximate surface area is 73.6 Å². The van der Waals surface area contributed by atoms with Crippen molar-refractivity contribution in [1.82, 2.24) is 9.97 Å². The Morgan fingerprint density at radius 2 is 2.18 bits per heavy atom. The first-order chi connectivity index (χ1) is 5.09. The van der Waals surface area contributed by atoms with Crippen molar-refractivity contribution in [3.8, 4) is 0 Å². The summed E-state index contributed by atoms with van der Waals surface area (Å²) in [6, 6.07) is 1.71. The maximum atomic E-state index is 9.16. The topological polar surface area (TPSA) is 46.0 Å². The normalized spacial score (nSPS) is 13.1. The number of aromatic nitrogens is 2. The lowest BCUT2D eigenvalue weighted by atomic mass is 10.3. The third-order valence-corrected chi connectivity index (χ3v) is 1.66. The largest absolute Gasteiger partial charge is 0.387 e. The monoisotopic (exact) mass is 216 g/mol. The Bertz CT molecular complexity index is 242. The highest BCUT2D eigenvalue weighted by atomic mass is 79.9. The van der Waals surface area contributed by atoms with E-state index in [1.54, 1.807) is 19.9 Å². The molecule has 1 aromatic heterocycles. The second-order valence-corrected chi connectivity index (χ2v) is 3.15. The number of aliphatic hydroxyl groups is 1. The van der Waals surface area contributed by atoms with E-state index < -0.39 is 6.10 Å². The quantitative estimate of drug-likeness (QED) is 0.726. The van der Waals surface area contributed by atoms with Gasteiger partial charge in [0.1, 0.15) is 10.4 Å². The van der Waals surface area contributed by atoms with E-state index in [2.05, 4.69) is 25.9 Å². The highest BCUT2D eigenvalue weighted by Crippen LogP contribution is 2.13. The number of nitrogens with zero attached hydrogens (tertiary/aromatic N) is 2. The van der Waals surface area contributed by atoms with Crippen molar-refractivity contribution in [3.63, 3.8) is 0 Å². The highest BCUT2D eigenvalue weighted by Gasteiger charge is 2.04. The molecule has 4 heteroatoms. The van der Waals surface area contributed by atoms with Crippen molar-refractivity contribution < 1.29 is 5.11 Å². The van der Waals surface area contributed by atoms with E-state index in [9.17, 15) is 0 Å². The minimum atomic E-state index is -0.534. The molecule has 0 saturated heterocycles. The number of rotatable bonds is 1. The maximum Gasteiger partial charge on any atom is 0.126 e. The summed E-state index contributed by atoms with van der Waals surface area (Å²) in [5.74, 6) is 0.662. The zero-order chi connectivity index (χ0) is 8.43. The van der Waals surface area contributed by atoms with Crippen molar-refractivity contribution >= 4 is 15.9 Å². The van der Waals surface area contributed by atoms with Crippen molar-refractivity contribution in [2.24, 2.45) is 0 Å². The van der Waals surface area contributed by atoms with Gasteiger partial charge in [0.2, 0.25) is 0 Å². The molecule has 0 amide bonds. The van der Waals surface area contributed by atoms with E-state index in [1.165, 1.54) is 0 Å². The van der Waals surface area contributed by atoms with Crippen LogP contribution in [0.25, 0.3) is 0 Å². The van der Waals surface area contributed by atoms with E-state index in [0.717, 1.165) is 0 Å². The van der Waals surface area contributed by atoms with Gasteiger partial charge in [-0.2, -0.15) is 0 Å². The van der Waals surface area contributed by atoms with Gasteiger partial charge in [-0.1, -0.05) is 0 Å². The van der Waals surface area contributed by atoms with Crippen LogP contribution in [-0.4, -0.2) is 15.1 Å². The first-order valence-electron chi connectivity index (χ1n) is 3.28. The zero-order valence-electron chi connectivity index (χ0n) is 6.37. The smallest absolute Gasteiger partial charge is 0.126 e. The van der Waals surface area contributed by atoms with Gasteiger partial charge < -0.3 is 5.11 Å². The molecule has 0 saturated carbocycles. The summed E-state index contributed by atoms with van der Waals surface area (Å²) < 4.78 is 0.709. The molecule has 0 radical (unpaired) electrons. The Morgan fingerprint density at radius 1 is 1.55 bits per heavy atom. The van der Waals surface area contributed by atoms with Crippen LogP contribution in [0, 0.1) is 6.92 Å². The molecule has 0 aliphatic carbocycles. The molecule has 1 atom stereocenters. The van der Waals surface area contributed by atoms with Crippen LogP contribution in [0.15, 0.2) is 10.7 Å². The Kier molecular flexibility index (Phi) is 2.57. The third-order valence-electron chi connectivity index (χ3n) is 1.25. The number of hydrogen-bond acceptors (Lipinski definition) is 3. The molecule has 0 spiro atoms. The van der Waals surface area contributed by atoms with Gasteiger partial charge in [0, 0.05) is 0 Å². The van der Waals surface area contributed by atoms with Gasteiger partial charge in [-0.05, 0) is 35.8 Å². The second-order valence-electron chi connectivity index (χ2n) is 2.34. The molecule has 1 heterocycles. The van der Waals surface area contributed by atoms with Gasteiger partial charge in [-0.3, -0.25) is 0 Å². The molecule has 1 aromatic rings. The average Bonchev–Trinajstić information content (AvgIpc) is 1.85. The van der Waals surface area contributed by atoms with Crippen LogP contribution in [0.3, 0.4) is 0 Å². The lowest BCUT2D eigenvalue weighted by molar-refractivity contribution is 0.194. The SMILES string of the molecule is Cc1nc(Br)cc(C(C)O)n1. The summed E-state index contributed by atoms with van der Waals surface area (Å²) in [5.41, 5.74) is 0.643. The van der Waals surface area contributed by atoms with E-state index >= 15 is 0 Å². The molecule has 60 valence electrons. The van der Waals surface area contributed by atoms with Crippen molar-refractivity contribution in [1.29, 1.82) is 0 Å². The summed E-state index contributed by atoms with van der Waals surface area (Å²) in [7, 11) is 0. The van der Waals surface area contributed by atoms with Gasteiger partial charge in [0.15, 0.2) is 0 Å². The molecular weight excluding hydrogens is 208 g/mol. The summed E-state index contributed by atoms with van der Waals surface area (Å²) in [4.78, 5) is 8.05. The number of hydrogen-bond donors (Lipinski definition) is 1. The number of aliphatic hydroxyl groups excluding tert-OH is 1. The lowest BCUT2D eigenvalue weighted by Crippen LogP contribution is -1.99. The van der Waals surface area contributed by atoms with Gasteiger partial charge >= 0.3 is 0 Å². The van der Waals surface area contributed by atoms with E-state index in [1.807, 2.05) is 0 Å². The minimum absolute atomic E-state index is 0.534. The van der Waals surface area contributed by atoms with E-state index in [-0.39, 0.29) is 0 Å².